The van der Waals surface area contributed by atoms with Crippen LogP contribution in [0.15, 0.2) is 28.7 Å². The van der Waals surface area contributed by atoms with Gasteiger partial charge in [-0.3, -0.25) is 0 Å². The zero-order chi connectivity index (χ0) is 10.8. The van der Waals surface area contributed by atoms with Crippen molar-refractivity contribution >= 4 is 27.3 Å². The highest BCUT2D eigenvalue weighted by Crippen LogP contribution is 2.32. The summed E-state index contributed by atoms with van der Waals surface area (Å²) in [5, 5.41) is 9.79. The number of aromatic nitrogens is 1. The van der Waals surface area contributed by atoms with Crippen LogP contribution < -0.4 is 0 Å². The number of hydrogen-bond acceptors (Lipinski definition) is 3. The SMILES string of the molecule is Cc1sc(CO)nc1-c1ccccc1Br. The smallest absolute Gasteiger partial charge is 0.119 e. The lowest BCUT2D eigenvalue weighted by Crippen LogP contribution is -1.84. The Hall–Kier alpha value is -0.710. The minimum atomic E-state index is 0.00988. The lowest BCUT2D eigenvalue weighted by molar-refractivity contribution is 0.281. The van der Waals surface area contributed by atoms with Crippen molar-refractivity contribution in [3.05, 3.63) is 38.6 Å². The number of benzene rings is 1. The first-order chi connectivity index (χ1) is 7.22. The molecule has 0 bridgehead atoms. The average molecular weight is 284 g/mol. The van der Waals surface area contributed by atoms with Gasteiger partial charge in [-0.05, 0) is 13.0 Å². The molecule has 0 aliphatic heterocycles. The van der Waals surface area contributed by atoms with Crippen molar-refractivity contribution < 1.29 is 5.11 Å². The van der Waals surface area contributed by atoms with E-state index in [9.17, 15) is 0 Å². The van der Waals surface area contributed by atoms with Crippen molar-refractivity contribution in [3.8, 4) is 11.3 Å². The van der Waals surface area contributed by atoms with Gasteiger partial charge in [0, 0.05) is 14.9 Å². The highest BCUT2D eigenvalue weighted by Gasteiger charge is 2.11. The monoisotopic (exact) mass is 283 g/mol. The number of aliphatic hydroxyl groups excluding tert-OH is 1. The fourth-order valence-corrected chi connectivity index (χ4v) is 2.70. The predicted molar refractivity (Wildman–Crippen MR) is 65.9 cm³/mol. The lowest BCUT2D eigenvalue weighted by Gasteiger charge is -2.01. The van der Waals surface area contributed by atoms with E-state index >= 15 is 0 Å². The Bertz CT molecular complexity index is 481. The molecule has 0 aliphatic carbocycles. The molecular formula is C11H10BrNOS. The number of nitrogens with zero attached hydrogens (tertiary/aromatic N) is 1. The van der Waals surface area contributed by atoms with Crippen molar-refractivity contribution in [2.45, 2.75) is 13.5 Å². The maximum atomic E-state index is 9.03. The van der Waals surface area contributed by atoms with Gasteiger partial charge in [0.2, 0.25) is 0 Å². The van der Waals surface area contributed by atoms with Crippen molar-refractivity contribution in [2.24, 2.45) is 0 Å². The van der Waals surface area contributed by atoms with Gasteiger partial charge >= 0.3 is 0 Å². The number of hydrogen-bond donors (Lipinski definition) is 1. The normalized spacial score (nSPS) is 10.6. The molecule has 0 saturated carbocycles. The first-order valence-corrected chi connectivity index (χ1v) is 6.15. The first kappa shape index (κ1) is 10.8. The van der Waals surface area contributed by atoms with E-state index in [1.165, 1.54) is 11.3 Å². The second-order valence-electron chi connectivity index (χ2n) is 3.15. The third kappa shape index (κ3) is 2.12. The summed E-state index contributed by atoms with van der Waals surface area (Å²) in [7, 11) is 0. The van der Waals surface area contributed by atoms with Gasteiger partial charge in [0.05, 0.1) is 12.3 Å². The molecule has 1 aromatic heterocycles. The summed E-state index contributed by atoms with van der Waals surface area (Å²) >= 11 is 5.04. The van der Waals surface area contributed by atoms with Gasteiger partial charge < -0.3 is 5.11 Å². The summed E-state index contributed by atoms with van der Waals surface area (Å²) < 4.78 is 1.03. The Kier molecular flexibility index (Phi) is 3.19. The molecule has 15 heavy (non-hydrogen) atoms. The van der Waals surface area contributed by atoms with E-state index < -0.39 is 0 Å². The number of aliphatic hydroxyl groups is 1. The maximum absolute atomic E-state index is 9.03. The van der Waals surface area contributed by atoms with E-state index in [0.717, 1.165) is 25.6 Å². The van der Waals surface area contributed by atoms with Crippen LogP contribution in [0.25, 0.3) is 11.3 Å². The molecule has 2 aromatic rings. The summed E-state index contributed by atoms with van der Waals surface area (Å²) in [5.74, 6) is 0. The fourth-order valence-electron chi connectivity index (χ4n) is 1.42. The molecule has 0 unspecified atom stereocenters. The van der Waals surface area contributed by atoms with Crippen LogP contribution in [-0.4, -0.2) is 10.1 Å². The maximum Gasteiger partial charge on any atom is 0.119 e. The molecule has 1 aromatic carbocycles. The van der Waals surface area contributed by atoms with Crippen LogP contribution >= 0.6 is 27.3 Å². The molecule has 0 saturated heterocycles. The van der Waals surface area contributed by atoms with Crippen LogP contribution in [0.3, 0.4) is 0 Å². The first-order valence-electron chi connectivity index (χ1n) is 4.54. The van der Waals surface area contributed by atoms with Crippen LogP contribution in [0.2, 0.25) is 0 Å². The molecule has 0 spiro atoms. The van der Waals surface area contributed by atoms with Crippen LogP contribution in [-0.2, 0) is 6.61 Å². The number of thiazole rings is 1. The van der Waals surface area contributed by atoms with Crippen molar-refractivity contribution in [1.29, 1.82) is 0 Å². The highest BCUT2D eigenvalue weighted by atomic mass is 79.9. The van der Waals surface area contributed by atoms with E-state index in [-0.39, 0.29) is 6.61 Å². The summed E-state index contributed by atoms with van der Waals surface area (Å²) in [4.78, 5) is 5.53. The summed E-state index contributed by atoms with van der Waals surface area (Å²) in [6.07, 6.45) is 0. The highest BCUT2D eigenvalue weighted by molar-refractivity contribution is 9.10. The number of halogens is 1. The predicted octanol–water partition coefficient (Wildman–Crippen LogP) is 3.37. The van der Waals surface area contributed by atoms with Crippen molar-refractivity contribution in [1.82, 2.24) is 4.98 Å². The van der Waals surface area contributed by atoms with Crippen molar-refractivity contribution in [3.63, 3.8) is 0 Å². The molecule has 0 radical (unpaired) electrons. The fraction of sp³-hybridized carbons (Fsp3) is 0.182. The van der Waals surface area contributed by atoms with Crippen LogP contribution in [0, 0.1) is 6.92 Å². The van der Waals surface area contributed by atoms with Gasteiger partial charge in [0.1, 0.15) is 5.01 Å². The van der Waals surface area contributed by atoms with E-state index in [0.29, 0.717) is 0 Å². The molecule has 0 fully saturated rings. The summed E-state index contributed by atoms with van der Waals surface area (Å²) in [6, 6.07) is 7.97. The minimum absolute atomic E-state index is 0.00988. The zero-order valence-electron chi connectivity index (χ0n) is 8.20. The molecule has 4 heteroatoms. The van der Waals surface area contributed by atoms with Gasteiger partial charge in [-0.25, -0.2) is 4.98 Å². The van der Waals surface area contributed by atoms with Crippen LogP contribution in [0.1, 0.15) is 9.88 Å². The summed E-state index contributed by atoms with van der Waals surface area (Å²) in [6.45, 7) is 2.03. The molecule has 1 N–H and O–H groups in total. The van der Waals surface area contributed by atoms with E-state index in [2.05, 4.69) is 20.9 Å². The number of rotatable bonds is 2. The Morgan fingerprint density at radius 2 is 2.13 bits per heavy atom. The Morgan fingerprint density at radius 3 is 2.73 bits per heavy atom. The molecule has 0 aliphatic rings. The largest absolute Gasteiger partial charge is 0.389 e. The van der Waals surface area contributed by atoms with Gasteiger partial charge in [-0.15, -0.1) is 11.3 Å². The van der Waals surface area contributed by atoms with Gasteiger partial charge in [0.15, 0.2) is 0 Å². The van der Waals surface area contributed by atoms with E-state index in [4.69, 9.17) is 5.11 Å². The standard InChI is InChI=1S/C11H10BrNOS/c1-7-11(13-10(6-14)15-7)8-4-2-3-5-9(8)12/h2-5,14H,6H2,1H3. The third-order valence-electron chi connectivity index (χ3n) is 2.11. The topological polar surface area (TPSA) is 33.1 Å². The second-order valence-corrected chi connectivity index (χ2v) is 5.29. The Labute approximate surface area is 101 Å². The lowest BCUT2D eigenvalue weighted by atomic mass is 10.1. The van der Waals surface area contributed by atoms with Gasteiger partial charge in [0.25, 0.3) is 0 Å². The van der Waals surface area contributed by atoms with Gasteiger partial charge in [-0.2, -0.15) is 0 Å². The van der Waals surface area contributed by atoms with Crippen LogP contribution in [0.5, 0.6) is 0 Å². The number of aryl methyl sites for hydroxylation is 1. The molecule has 1 heterocycles. The Morgan fingerprint density at radius 1 is 1.40 bits per heavy atom. The second kappa shape index (κ2) is 4.43. The van der Waals surface area contributed by atoms with Crippen LogP contribution in [0.4, 0.5) is 0 Å². The molecule has 2 rings (SSSR count). The molecular weight excluding hydrogens is 274 g/mol. The van der Waals surface area contributed by atoms with Gasteiger partial charge in [-0.1, -0.05) is 34.1 Å². The average Bonchev–Trinajstić information content (AvgIpc) is 2.60. The molecule has 78 valence electrons. The minimum Gasteiger partial charge on any atom is -0.389 e. The van der Waals surface area contributed by atoms with E-state index in [1.54, 1.807) is 0 Å². The summed E-state index contributed by atoms with van der Waals surface area (Å²) in [5.41, 5.74) is 2.03. The van der Waals surface area contributed by atoms with E-state index in [1.807, 2.05) is 31.2 Å². The zero-order valence-corrected chi connectivity index (χ0v) is 10.6. The Balaban J connectivity index is 2.54. The molecule has 0 atom stereocenters. The third-order valence-corrected chi connectivity index (χ3v) is 3.75. The molecule has 2 nitrogen and oxygen atoms in total. The quantitative estimate of drug-likeness (QED) is 0.917. The van der Waals surface area contributed by atoms with Crippen molar-refractivity contribution in [2.75, 3.05) is 0 Å². The molecule has 0 amide bonds.